The smallest absolute Gasteiger partial charge is 0.140 e. The first kappa shape index (κ1) is 19.8. The molecule has 2 heterocycles. The summed E-state index contributed by atoms with van der Waals surface area (Å²) in [5, 5.41) is 0. The van der Waals surface area contributed by atoms with E-state index in [0.717, 1.165) is 49.5 Å². The highest BCUT2D eigenvalue weighted by Crippen LogP contribution is 2.27. The van der Waals surface area contributed by atoms with E-state index < -0.39 is 0 Å². The molecule has 0 aromatic heterocycles. The number of hydrogen-bond acceptors (Lipinski definition) is 4. The van der Waals surface area contributed by atoms with Gasteiger partial charge in [0, 0.05) is 5.92 Å². The normalized spacial score (nSPS) is 28.3. The average Bonchev–Trinajstić information content (AvgIpc) is 2.70. The summed E-state index contributed by atoms with van der Waals surface area (Å²) in [5.74, 6) is 1.37. The molecule has 2 unspecified atom stereocenters. The Morgan fingerprint density at radius 3 is 2.93 bits per heavy atom. The minimum Gasteiger partial charge on any atom is -0.490 e. The number of fused-ring (bicyclic) bond motifs is 1. The molecule has 0 N–H and O–H groups in total. The number of aliphatic imine (C=N–C) groups is 3. The van der Waals surface area contributed by atoms with E-state index in [0.29, 0.717) is 12.5 Å². The van der Waals surface area contributed by atoms with Gasteiger partial charge in [0.1, 0.15) is 12.4 Å². The number of rotatable bonds is 5. The molecule has 3 rings (SSSR count). The maximum absolute atomic E-state index is 5.87. The van der Waals surface area contributed by atoms with E-state index in [1.807, 2.05) is 0 Å². The molecule has 0 amide bonds. The van der Waals surface area contributed by atoms with Crippen LogP contribution in [0.25, 0.3) is 0 Å². The minimum absolute atomic E-state index is 0.145. The highest BCUT2D eigenvalue weighted by atomic mass is 16.5. The Bertz CT molecular complexity index is 737. The van der Waals surface area contributed by atoms with Crippen molar-refractivity contribution in [3.63, 3.8) is 0 Å². The second-order valence-electron chi connectivity index (χ2n) is 7.68. The molecule has 0 spiro atoms. The van der Waals surface area contributed by atoms with Crippen molar-refractivity contribution in [2.45, 2.75) is 65.8 Å². The van der Waals surface area contributed by atoms with E-state index >= 15 is 0 Å². The predicted octanol–water partition coefficient (Wildman–Crippen LogP) is 5.12. The number of unbranched alkanes of at least 4 members (excludes halogenated alkanes) is 1. The third-order valence-corrected chi connectivity index (χ3v) is 5.68. The van der Waals surface area contributed by atoms with Crippen LogP contribution in [0, 0.1) is 5.92 Å². The van der Waals surface area contributed by atoms with E-state index in [-0.39, 0.29) is 6.04 Å². The van der Waals surface area contributed by atoms with Gasteiger partial charge in [-0.3, -0.25) is 15.0 Å². The summed E-state index contributed by atoms with van der Waals surface area (Å²) < 4.78 is 5.87. The molecule has 0 aromatic carbocycles. The van der Waals surface area contributed by atoms with Crippen molar-refractivity contribution in [1.82, 2.24) is 0 Å². The van der Waals surface area contributed by atoms with Gasteiger partial charge in [0.2, 0.25) is 0 Å². The van der Waals surface area contributed by atoms with Gasteiger partial charge in [-0.05, 0) is 56.8 Å². The molecule has 4 nitrogen and oxygen atoms in total. The monoisotopic (exact) mass is 367 g/mol. The van der Waals surface area contributed by atoms with Crippen LogP contribution in [-0.4, -0.2) is 42.9 Å². The standard InChI is InChI=1S/C23H33N3O/c1-5-7-8-19-22(16(3)6-2)26-20(15-25-19)18-10-9-17(4)23-21(12-11-18)27-14-13-24-23/h6,11-12,17,20H,5,7-10,13-15H2,1-4H3/b16-6?,18-11?,21-12+. The van der Waals surface area contributed by atoms with Gasteiger partial charge in [-0.15, -0.1) is 0 Å². The second-order valence-corrected chi connectivity index (χ2v) is 7.68. The van der Waals surface area contributed by atoms with Crippen molar-refractivity contribution in [2.24, 2.45) is 20.9 Å². The van der Waals surface area contributed by atoms with E-state index in [1.165, 1.54) is 29.7 Å². The van der Waals surface area contributed by atoms with Crippen LogP contribution in [-0.2, 0) is 4.74 Å². The van der Waals surface area contributed by atoms with Crippen LogP contribution in [0.1, 0.15) is 59.8 Å². The van der Waals surface area contributed by atoms with Crippen LogP contribution in [0.3, 0.4) is 0 Å². The van der Waals surface area contributed by atoms with Gasteiger partial charge in [0.15, 0.2) is 0 Å². The number of nitrogens with zero attached hydrogens (tertiary/aromatic N) is 3. The Balaban J connectivity index is 1.87. The lowest BCUT2D eigenvalue weighted by Gasteiger charge is -2.27. The van der Waals surface area contributed by atoms with Crippen LogP contribution in [0.5, 0.6) is 0 Å². The summed E-state index contributed by atoms with van der Waals surface area (Å²) in [6, 6.07) is 0.145. The van der Waals surface area contributed by atoms with E-state index in [4.69, 9.17) is 19.7 Å². The molecule has 146 valence electrons. The molecule has 0 bridgehead atoms. The summed E-state index contributed by atoms with van der Waals surface area (Å²) in [4.78, 5) is 14.8. The van der Waals surface area contributed by atoms with Crippen LogP contribution in [0.15, 0.2) is 50.1 Å². The molecule has 1 aliphatic carbocycles. The Kier molecular flexibility index (Phi) is 6.81. The fourth-order valence-corrected chi connectivity index (χ4v) is 3.82. The van der Waals surface area contributed by atoms with Crippen molar-refractivity contribution in [2.75, 3.05) is 19.7 Å². The summed E-state index contributed by atoms with van der Waals surface area (Å²) in [7, 11) is 0. The molecule has 0 saturated carbocycles. The summed E-state index contributed by atoms with van der Waals surface area (Å²) in [5.41, 5.74) is 6.03. The molecule has 0 radical (unpaired) electrons. The first-order valence-corrected chi connectivity index (χ1v) is 10.5. The molecule has 0 fully saturated rings. The van der Waals surface area contributed by atoms with Crippen LogP contribution < -0.4 is 0 Å². The van der Waals surface area contributed by atoms with E-state index in [2.05, 4.69) is 45.9 Å². The molecular weight excluding hydrogens is 334 g/mol. The quantitative estimate of drug-likeness (QED) is 0.665. The lowest BCUT2D eigenvalue weighted by atomic mass is 9.89. The maximum atomic E-state index is 5.87. The molecule has 4 heteroatoms. The number of allylic oxidation sites excluding steroid dienone is 5. The zero-order chi connectivity index (χ0) is 19.2. The maximum Gasteiger partial charge on any atom is 0.140 e. The van der Waals surface area contributed by atoms with Gasteiger partial charge in [0.05, 0.1) is 36.3 Å². The molecule has 2 aliphatic heterocycles. The molecule has 0 aromatic rings. The van der Waals surface area contributed by atoms with Crippen molar-refractivity contribution < 1.29 is 4.74 Å². The van der Waals surface area contributed by atoms with Crippen molar-refractivity contribution in [1.29, 1.82) is 0 Å². The van der Waals surface area contributed by atoms with Gasteiger partial charge in [-0.1, -0.05) is 32.4 Å². The second kappa shape index (κ2) is 9.29. The third-order valence-electron chi connectivity index (χ3n) is 5.68. The first-order chi connectivity index (χ1) is 13.1. The van der Waals surface area contributed by atoms with Gasteiger partial charge >= 0.3 is 0 Å². The van der Waals surface area contributed by atoms with E-state index in [1.54, 1.807) is 0 Å². The molecular formula is C23H33N3O. The van der Waals surface area contributed by atoms with Gasteiger partial charge < -0.3 is 4.74 Å². The number of hydrogen-bond donors (Lipinski definition) is 0. The zero-order valence-electron chi connectivity index (χ0n) is 17.3. The first-order valence-electron chi connectivity index (χ1n) is 10.5. The van der Waals surface area contributed by atoms with Crippen molar-refractivity contribution in [3.05, 3.63) is 35.1 Å². The Morgan fingerprint density at radius 2 is 2.15 bits per heavy atom. The fourth-order valence-electron chi connectivity index (χ4n) is 3.82. The van der Waals surface area contributed by atoms with Crippen LogP contribution >= 0.6 is 0 Å². The summed E-state index contributed by atoms with van der Waals surface area (Å²) >= 11 is 0. The Hall–Kier alpha value is -1.97. The lowest BCUT2D eigenvalue weighted by Crippen LogP contribution is -2.29. The predicted molar refractivity (Wildman–Crippen MR) is 115 cm³/mol. The fraction of sp³-hybridized carbons (Fsp3) is 0.609. The van der Waals surface area contributed by atoms with Crippen LogP contribution in [0.2, 0.25) is 0 Å². The molecule has 3 aliphatic rings. The zero-order valence-corrected chi connectivity index (χ0v) is 17.3. The summed E-state index contributed by atoms with van der Waals surface area (Å²) in [6.45, 7) is 10.9. The lowest BCUT2D eigenvalue weighted by molar-refractivity contribution is 0.228. The van der Waals surface area contributed by atoms with E-state index in [9.17, 15) is 0 Å². The van der Waals surface area contributed by atoms with Gasteiger partial charge in [-0.2, -0.15) is 0 Å². The minimum atomic E-state index is 0.145. The van der Waals surface area contributed by atoms with Crippen molar-refractivity contribution >= 4 is 17.1 Å². The molecule has 0 saturated heterocycles. The highest BCUT2D eigenvalue weighted by molar-refractivity contribution is 6.48. The highest BCUT2D eigenvalue weighted by Gasteiger charge is 2.26. The van der Waals surface area contributed by atoms with Gasteiger partial charge in [-0.25, -0.2) is 0 Å². The Labute approximate surface area is 163 Å². The Morgan fingerprint density at radius 1 is 1.30 bits per heavy atom. The summed E-state index contributed by atoms with van der Waals surface area (Å²) in [6.07, 6.45) is 12.0. The molecule has 2 atom stereocenters. The van der Waals surface area contributed by atoms with Crippen molar-refractivity contribution in [3.8, 4) is 0 Å². The number of ether oxygens (including phenoxy) is 1. The van der Waals surface area contributed by atoms with Crippen LogP contribution in [0.4, 0.5) is 0 Å². The largest absolute Gasteiger partial charge is 0.490 e. The van der Waals surface area contributed by atoms with Gasteiger partial charge in [0.25, 0.3) is 0 Å². The topological polar surface area (TPSA) is 46.3 Å². The average molecular weight is 368 g/mol. The third kappa shape index (κ3) is 4.66. The SMILES string of the molecule is CC=C(C)C1=NC(C2=C/C=C3/OCCN=C3C(C)CC2)CN=C1CCCC. The molecule has 27 heavy (non-hydrogen) atoms.